The Bertz CT molecular complexity index is 512. The summed E-state index contributed by atoms with van der Waals surface area (Å²) in [6.45, 7) is -0.212. The second kappa shape index (κ2) is 5.81. The number of alkyl halides is 1. The minimum atomic E-state index is -1.08. The van der Waals surface area contributed by atoms with Crippen LogP contribution < -0.4 is 0 Å². The molecule has 0 saturated carbocycles. The average Bonchev–Trinajstić information content (AvgIpc) is 2.80. The van der Waals surface area contributed by atoms with Crippen LogP contribution >= 0.6 is 0 Å². The summed E-state index contributed by atoms with van der Waals surface area (Å²) in [5, 5.41) is 17.8. The standard InChI is InChI=1S/C14H15FN2O2/c15-12-7-13(9-18)17(8-12)14(19)11-3-1-2-10(6-11)4-5-16/h1-3,6,12-13,18H,4,7-9H2/t12-,13-/m0/s1. The Labute approximate surface area is 111 Å². The summed E-state index contributed by atoms with van der Waals surface area (Å²) >= 11 is 0. The summed E-state index contributed by atoms with van der Waals surface area (Å²) in [6.07, 6.45) is -0.667. The lowest BCUT2D eigenvalue weighted by Gasteiger charge is -2.22. The van der Waals surface area contributed by atoms with Gasteiger partial charge in [0, 0.05) is 12.0 Å². The van der Waals surface area contributed by atoms with Crippen molar-refractivity contribution < 1.29 is 14.3 Å². The average molecular weight is 262 g/mol. The Morgan fingerprint density at radius 3 is 3.05 bits per heavy atom. The van der Waals surface area contributed by atoms with E-state index in [-0.39, 0.29) is 31.9 Å². The van der Waals surface area contributed by atoms with Crippen LogP contribution in [0.4, 0.5) is 4.39 Å². The first kappa shape index (κ1) is 13.5. The van der Waals surface area contributed by atoms with Crippen molar-refractivity contribution in [3.8, 4) is 6.07 Å². The second-order valence-electron chi connectivity index (χ2n) is 4.66. The van der Waals surface area contributed by atoms with Crippen LogP contribution in [-0.4, -0.2) is 41.3 Å². The maximum absolute atomic E-state index is 13.3. The van der Waals surface area contributed by atoms with Crippen molar-refractivity contribution >= 4 is 5.91 Å². The first-order valence-electron chi connectivity index (χ1n) is 6.17. The Kier molecular flexibility index (Phi) is 4.13. The molecule has 1 fully saturated rings. The van der Waals surface area contributed by atoms with Crippen LogP contribution in [0.5, 0.6) is 0 Å². The molecule has 1 heterocycles. The molecular formula is C14H15FN2O2. The minimum Gasteiger partial charge on any atom is -0.394 e. The first-order valence-corrected chi connectivity index (χ1v) is 6.17. The van der Waals surface area contributed by atoms with Crippen molar-refractivity contribution in [2.45, 2.75) is 25.1 Å². The topological polar surface area (TPSA) is 64.3 Å². The maximum Gasteiger partial charge on any atom is 0.254 e. The number of likely N-dealkylation sites (tertiary alicyclic amines) is 1. The van der Waals surface area contributed by atoms with E-state index in [1.807, 2.05) is 6.07 Å². The van der Waals surface area contributed by atoms with Gasteiger partial charge < -0.3 is 10.0 Å². The van der Waals surface area contributed by atoms with E-state index in [1.54, 1.807) is 24.3 Å². The van der Waals surface area contributed by atoms with E-state index in [0.29, 0.717) is 5.56 Å². The molecule has 1 saturated heterocycles. The van der Waals surface area contributed by atoms with E-state index in [4.69, 9.17) is 5.26 Å². The highest BCUT2D eigenvalue weighted by Crippen LogP contribution is 2.22. The zero-order valence-corrected chi connectivity index (χ0v) is 10.4. The SMILES string of the molecule is N#CCc1cccc(C(=O)N2C[C@@H](F)C[C@H]2CO)c1. The number of hydrogen-bond donors (Lipinski definition) is 1. The van der Waals surface area contributed by atoms with Crippen molar-refractivity contribution in [2.24, 2.45) is 0 Å². The smallest absolute Gasteiger partial charge is 0.254 e. The lowest BCUT2D eigenvalue weighted by molar-refractivity contribution is 0.0673. The van der Waals surface area contributed by atoms with E-state index in [0.717, 1.165) is 5.56 Å². The Morgan fingerprint density at radius 2 is 2.37 bits per heavy atom. The van der Waals surface area contributed by atoms with Crippen molar-refractivity contribution in [1.29, 1.82) is 5.26 Å². The molecule has 0 radical (unpaired) electrons. The van der Waals surface area contributed by atoms with Crippen LogP contribution in [0.3, 0.4) is 0 Å². The van der Waals surface area contributed by atoms with E-state index < -0.39 is 12.2 Å². The van der Waals surface area contributed by atoms with Crippen molar-refractivity contribution in [1.82, 2.24) is 4.90 Å². The van der Waals surface area contributed by atoms with Crippen LogP contribution in [0.25, 0.3) is 0 Å². The van der Waals surface area contributed by atoms with Gasteiger partial charge in [-0.1, -0.05) is 12.1 Å². The highest BCUT2D eigenvalue weighted by Gasteiger charge is 2.35. The normalized spacial score (nSPS) is 22.3. The number of hydrogen-bond acceptors (Lipinski definition) is 3. The second-order valence-corrected chi connectivity index (χ2v) is 4.66. The number of nitrogens with zero attached hydrogens (tertiary/aromatic N) is 2. The third kappa shape index (κ3) is 2.91. The Hall–Kier alpha value is -1.93. The van der Waals surface area contributed by atoms with Gasteiger partial charge in [0.15, 0.2) is 0 Å². The van der Waals surface area contributed by atoms with Gasteiger partial charge in [0.2, 0.25) is 0 Å². The predicted molar refractivity (Wildman–Crippen MR) is 67.2 cm³/mol. The number of nitriles is 1. The summed E-state index contributed by atoms with van der Waals surface area (Å²) in [6, 6.07) is 8.33. The van der Waals surface area contributed by atoms with Gasteiger partial charge in [-0.15, -0.1) is 0 Å². The monoisotopic (exact) mass is 262 g/mol. The highest BCUT2D eigenvalue weighted by molar-refractivity contribution is 5.94. The van der Waals surface area contributed by atoms with E-state index >= 15 is 0 Å². The Morgan fingerprint density at radius 1 is 1.58 bits per heavy atom. The van der Waals surface area contributed by atoms with Crippen LogP contribution in [-0.2, 0) is 6.42 Å². The number of rotatable bonds is 3. The molecule has 1 aliphatic heterocycles. The molecule has 1 aromatic rings. The van der Waals surface area contributed by atoms with Gasteiger partial charge >= 0.3 is 0 Å². The minimum absolute atomic E-state index is 0.0204. The quantitative estimate of drug-likeness (QED) is 0.893. The van der Waals surface area contributed by atoms with Crippen molar-refractivity contribution in [3.05, 3.63) is 35.4 Å². The lowest BCUT2D eigenvalue weighted by Crippen LogP contribution is -2.37. The zero-order chi connectivity index (χ0) is 13.8. The highest BCUT2D eigenvalue weighted by atomic mass is 19.1. The molecule has 19 heavy (non-hydrogen) atoms. The molecule has 100 valence electrons. The molecular weight excluding hydrogens is 247 g/mol. The number of benzene rings is 1. The number of carbonyl (C=O) groups excluding carboxylic acids is 1. The molecule has 4 nitrogen and oxygen atoms in total. The van der Waals surface area contributed by atoms with E-state index in [2.05, 4.69) is 0 Å². The summed E-state index contributed by atoms with van der Waals surface area (Å²) in [4.78, 5) is 13.7. The molecule has 2 rings (SSSR count). The molecule has 1 aromatic carbocycles. The number of carbonyl (C=O) groups is 1. The van der Waals surface area contributed by atoms with Gasteiger partial charge in [0.25, 0.3) is 5.91 Å². The summed E-state index contributed by atoms with van der Waals surface area (Å²) in [7, 11) is 0. The third-order valence-corrected chi connectivity index (χ3v) is 3.29. The summed E-state index contributed by atoms with van der Waals surface area (Å²) in [5.74, 6) is -0.293. The molecule has 5 heteroatoms. The van der Waals surface area contributed by atoms with Gasteiger partial charge in [0.05, 0.1) is 31.7 Å². The van der Waals surface area contributed by atoms with Crippen LogP contribution in [0.15, 0.2) is 24.3 Å². The van der Waals surface area contributed by atoms with Crippen LogP contribution in [0.1, 0.15) is 22.3 Å². The number of aliphatic hydroxyl groups is 1. The van der Waals surface area contributed by atoms with Crippen LogP contribution in [0, 0.1) is 11.3 Å². The van der Waals surface area contributed by atoms with Gasteiger partial charge in [-0.25, -0.2) is 4.39 Å². The van der Waals surface area contributed by atoms with Crippen molar-refractivity contribution in [3.63, 3.8) is 0 Å². The van der Waals surface area contributed by atoms with Crippen LogP contribution in [0.2, 0.25) is 0 Å². The molecule has 0 spiro atoms. The maximum atomic E-state index is 13.3. The molecule has 0 aromatic heterocycles. The fourth-order valence-electron chi connectivity index (χ4n) is 2.35. The molecule has 1 amide bonds. The largest absolute Gasteiger partial charge is 0.394 e. The molecule has 0 unspecified atom stereocenters. The lowest BCUT2D eigenvalue weighted by atomic mass is 10.1. The summed E-state index contributed by atoms with van der Waals surface area (Å²) < 4.78 is 13.3. The first-order chi connectivity index (χ1) is 9.15. The summed E-state index contributed by atoms with van der Waals surface area (Å²) in [5.41, 5.74) is 1.19. The molecule has 0 bridgehead atoms. The molecule has 1 N–H and O–H groups in total. The predicted octanol–water partition coefficient (Wildman–Crippen LogP) is 1.30. The van der Waals surface area contributed by atoms with E-state index in [1.165, 1.54) is 4.90 Å². The van der Waals surface area contributed by atoms with E-state index in [9.17, 15) is 14.3 Å². The molecule has 2 atom stereocenters. The molecule has 0 aliphatic carbocycles. The fraction of sp³-hybridized carbons (Fsp3) is 0.429. The number of halogens is 1. The third-order valence-electron chi connectivity index (χ3n) is 3.29. The Balaban J connectivity index is 2.19. The molecule has 1 aliphatic rings. The van der Waals surface area contributed by atoms with Gasteiger partial charge in [0.1, 0.15) is 6.17 Å². The zero-order valence-electron chi connectivity index (χ0n) is 10.4. The van der Waals surface area contributed by atoms with Gasteiger partial charge in [-0.3, -0.25) is 4.79 Å². The van der Waals surface area contributed by atoms with Crippen molar-refractivity contribution in [2.75, 3.05) is 13.2 Å². The number of aliphatic hydroxyl groups excluding tert-OH is 1. The fourth-order valence-corrected chi connectivity index (χ4v) is 2.35. The number of amides is 1. The van der Waals surface area contributed by atoms with Gasteiger partial charge in [-0.05, 0) is 17.7 Å². The van der Waals surface area contributed by atoms with Gasteiger partial charge in [-0.2, -0.15) is 5.26 Å².